The first kappa shape index (κ1) is 14.5. The summed E-state index contributed by atoms with van der Waals surface area (Å²) in [5, 5.41) is 11.4. The third kappa shape index (κ3) is 3.57. The van der Waals surface area contributed by atoms with E-state index in [0.29, 0.717) is 5.56 Å². The van der Waals surface area contributed by atoms with E-state index in [-0.39, 0.29) is 18.9 Å². The second-order valence-corrected chi connectivity index (χ2v) is 5.00. The Morgan fingerprint density at radius 2 is 2.10 bits per heavy atom. The summed E-state index contributed by atoms with van der Waals surface area (Å²) in [4.78, 5) is 22.7. The number of carboxylic acid groups (broad SMARTS) is 1. The standard InChI is InChI=1S/C15H19NO4/c1-20-13(8-14(17)18)9-16-15(19)12-6-5-10-3-2-4-11(10)7-12/h5-7,13H,2-4,8-9H2,1H3,(H,16,19)(H,17,18). The van der Waals surface area contributed by atoms with E-state index in [4.69, 9.17) is 9.84 Å². The number of fused-ring (bicyclic) bond motifs is 1. The molecule has 0 fully saturated rings. The Kier molecular flexibility index (Phi) is 4.74. The summed E-state index contributed by atoms with van der Waals surface area (Å²) in [5.41, 5.74) is 3.18. The lowest BCUT2D eigenvalue weighted by molar-refractivity contribution is -0.139. The highest BCUT2D eigenvalue weighted by Gasteiger charge is 2.16. The van der Waals surface area contributed by atoms with Crippen molar-refractivity contribution in [1.82, 2.24) is 5.32 Å². The van der Waals surface area contributed by atoms with Gasteiger partial charge in [-0.3, -0.25) is 9.59 Å². The van der Waals surface area contributed by atoms with Crippen molar-refractivity contribution in [3.05, 3.63) is 34.9 Å². The van der Waals surface area contributed by atoms with Crippen LogP contribution in [0.3, 0.4) is 0 Å². The summed E-state index contributed by atoms with van der Waals surface area (Å²) in [7, 11) is 1.44. The van der Waals surface area contributed by atoms with E-state index in [1.165, 1.54) is 18.2 Å². The first-order valence-electron chi connectivity index (χ1n) is 6.74. The van der Waals surface area contributed by atoms with Gasteiger partial charge >= 0.3 is 5.97 Å². The number of carbonyl (C=O) groups excluding carboxylic acids is 1. The fourth-order valence-corrected chi connectivity index (χ4v) is 2.46. The van der Waals surface area contributed by atoms with Gasteiger partial charge in [-0.05, 0) is 42.5 Å². The maximum atomic E-state index is 12.0. The summed E-state index contributed by atoms with van der Waals surface area (Å²) in [6, 6.07) is 5.75. The van der Waals surface area contributed by atoms with Crippen LogP contribution in [0.25, 0.3) is 0 Å². The first-order valence-corrected chi connectivity index (χ1v) is 6.74. The summed E-state index contributed by atoms with van der Waals surface area (Å²) in [5.74, 6) is -1.13. The highest BCUT2D eigenvalue weighted by atomic mass is 16.5. The van der Waals surface area contributed by atoms with Gasteiger partial charge in [0, 0.05) is 19.2 Å². The SMILES string of the molecule is COC(CNC(=O)c1ccc2c(c1)CCC2)CC(=O)O. The van der Waals surface area contributed by atoms with Gasteiger partial charge in [-0.1, -0.05) is 6.07 Å². The molecule has 1 atom stereocenters. The molecule has 1 amide bonds. The molecule has 0 radical (unpaired) electrons. The van der Waals surface area contributed by atoms with E-state index in [2.05, 4.69) is 5.32 Å². The van der Waals surface area contributed by atoms with Gasteiger partial charge in [0.25, 0.3) is 5.91 Å². The third-order valence-corrected chi connectivity index (χ3v) is 3.59. The number of carbonyl (C=O) groups is 2. The molecule has 0 heterocycles. The average Bonchev–Trinajstić information content (AvgIpc) is 2.89. The molecule has 5 nitrogen and oxygen atoms in total. The van der Waals surface area contributed by atoms with Crippen LogP contribution in [0.15, 0.2) is 18.2 Å². The van der Waals surface area contributed by atoms with Crippen LogP contribution in [0.2, 0.25) is 0 Å². The molecule has 0 saturated carbocycles. The van der Waals surface area contributed by atoms with E-state index in [0.717, 1.165) is 19.3 Å². The number of aliphatic carboxylic acids is 1. The van der Waals surface area contributed by atoms with E-state index >= 15 is 0 Å². The van der Waals surface area contributed by atoms with Crippen molar-refractivity contribution in [2.45, 2.75) is 31.8 Å². The highest BCUT2D eigenvalue weighted by molar-refractivity contribution is 5.94. The van der Waals surface area contributed by atoms with Crippen LogP contribution < -0.4 is 5.32 Å². The lowest BCUT2D eigenvalue weighted by Gasteiger charge is -2.14. The quantitative estimate of drug-likeness (QED) is 0.824. The van der Waals surface area contributed by atoms with E-state index in [1.54, 1.807) is 0 Å². The zero-order chi connectivity index (χ0) is 14.5. The van der Waals surface area contributed by atoms with Crippen molar-refractivity contribution < 1.29 is 19.4 Å². The Labute approximate surface area is 117 Å². The van der Waals surface area contributed by atoms with E-state index < -0.39 is 12.1 Å². The second kappa shape index (κ2) is 6.52. The van der Waals surface area contributed by atoms with Gasteiger partial charge in [0.1, 0.15) is 0 Å². The Hall–Kier alpha value is -1.88. The highest BCUT2D eigenvalue weighted by Crippen LogP contribution is 2.22. The van der Waals surface area contributed by atoms with Gasteiger partial charge in [0.05, 0.1) is 12.5 Å². The summed E-state index contributed by atoms with van der Waals surface area (Å²) < 4.78 is 5.03. The van der Waals surface area contributed by atoms with Crippen LogP contribution in [0.1, 0.15) is 34.3 Å². The molecule has 5 heteroatoms. The number of amides is 1. The molecule has 0 bridgehead atoms. The number of methoxy groups -OCH3 is 1. The number of nitrogens with one attached hydrogen (secondary N) is 1. The summed E-state index contributed by atoms with van der Waals surface area (Å²) >= 11 is 0. The molecular weight excluding hydrogens is 258 g/mol. The van der Waals surface area contributed by atoms with E-state index in [9.17, 15) is 9.59 Å². The average molecular weight is 277 g/mol. The van der Waals surface area contributed by atoms with Crippen LogP contribution in [0.4, 0.5) is 0 Å². The summed E-state index contributed by atoms with van der Waals surface area (Å²) in [6.07, 6.45) is 2.62. The maximum absolute atomic E-state index is 12.0. The van der Waals surface area contributed by atoms with Crippen LogP contribution in [-0.4, -0.2) is 36.7 Å². The largest absolute Gasteiger partial charge is 0.481 e. The fourth-order valence-electron chi connectivity index (χ4n) is 2.46. The zero-order valence-electron chi connectivity index (χ0n) is 11.5. The molecule has 1 aromatic rings. The van der Waals surface area contributed by atoms with Crippen molar-refractivity contribution in [1.29, 1.82) is 0 Å². The van der Waals surface area contributed by atoms with Crippen molar-refractivity contribution >= 4 is 11.9 Å². The van der Waals surface area contributed by atoms with Gasteiger partial charge < -0.3 is 15.2 Å². The number of rotatable bonds is 6. The minimum atomic E-state index is -0.941. The van der Waals surface area contributed by atoms with Crippen molar-refractivity contribution in [3.8, 4) is 0 Å². The molecule has 0 aliphatic heterocycles. The molecule has 0 saturated heterocycles. The maximum Gasteiger partial charge on any atom is 0.306 e. The molecule has 2 N–H and O–H groups in total. The number of aryl methyl sites for hydroxylation is 2. The molecule has 1 aliphatic carbocycles. The Morgan fingerprint density at radius 3 is 2.80 bits per heavy atom. The molecule has 108 valence electrons. The van der Waals surface area contributed by atoms with E-state index in [1.807, 2.05) is 18.2 Å². The lowest BCUT2D eigenvalue weighted by atomic mass is 10.1. The lowest BCUT2D eigenvalue weighted by Crippen LogP contribution is -2.34. The van der Waals surface area contributed by atoms with Crippen LogP contribution >= 0.6 is 0 Å². The monoisotopic (exact) mass is 277 g/mol. The second-order valence-electron chi connectivity index (χ2n) is 5.00. The number of ether oxygens (including phenoxy) is 1. The van der Waals surface area contributed by atoms with Crippen LogP contribution in [0, 0.1) is 0 Å². The zero-order valence-corrected chi connectivity index (χ0v) is 11.5. The molecule has 2 rings (SSSR count). The number of benzene rings is 1. The van der Waals surface area contributed by atoms with Crippen molar-refractivity contribution in [2.24, 2.45) is 0 Å². The van der Waals surface area contributed by atoms with Gasteiger partial charge in [0.2, 0.25) is 0 Å². The predicted octanol–water partition coefficient (Wildman–Crippen LogP) is 1.39. The fraction of sp³-hybridized carbons (Fsp3) is 0.467. The van der Waals surface area contributed by atoms with Gasteiger partial charge in [-0.2, -0.15) is 0 Å². The predicted molar refractivity (Wildman–Crippen MR) is 73.9 cm³/mol. The normalized spacial score (nSPS) is 14.7. The third-order valence-electron chi connectivity index (χ3n) is 3.59. The molecule has 1 unspecified atom stereocenters. The first-order chi connectivity index (χ1) is 9.60. The Balaban J connectivity index is 1.93. The van der Waals surface area contributed by atoms with Crippen LogP contribution in [-0.2, 0) is 22.4 Å². The molecule has 20 heavy (non-hydrogen) atoms. The number of hydrogen-bond donors (Lipinski definition) is 2. The van der Waals surface area contributed by atoms with Crippen molar-refractivity contribution in [3.63, 3.8) is 0 Å². The van der Waals surface area contributed by atoms with Gasteiger partial charge in [-0.15, -0.1) is 0 Å². The van der Waals surface area contributed by atoms with Crippen LogP contribution in [0.5, 0.6) is 0 Å². The Morgan fingerprint density at radius 1 is 1.35 bits per heavy atom. The topological polar surface area (TPSA) is 75.6 Å². The Bertz CT molecular complexity index is 513. The molecule has 0 aromatic heterocycles. The number of carboxylic acids is 1. The smallest absolute Gasteiger partial charge is 0.306 e. The number of hydrogen-bond acceptors (Lipinski definition) is 3. The minimum absolute atomic E-state index is 0.124. The minimum Gasteiger partial charge on any atom is -0.481 e. The molecule has 0 spiro atoms. The van der Waals surface area contributed by atoms with Gasteiger partial charge in [-0.25, -0.2) is 0 Å². The van der Waals surface area contributed by atoms with Gasteiger partial charge in [0.15, 0.2) is 0 Å². The molecule has 1 aromatic carbocycles. The molecular formula is C15H19NO4. The van der Waals surface area contributed by atoms with Crippen molar-refractivity contribution in [2.75, 3.05) is 13.7 Å². The summed E-state index contributed by atoms with van der Waals surface area (Å²) in [6.45, 7) is 0.193. The molecule has 1 aliphatic rings.